The van der Waals surface area contributed by atoms with Gasteiger partial charge >= 0.3 is 12.0 Å². The fraction of sp³-hybridized carbons (Fsp3) is 0.235. The molecule has 1 amide bonds. The van der Waals surface area contributed by atoms with Crippen molar-refractivity contribution in [2.45, 2.75) is 26.0 Å². The Bertz CT molecular complexity index is 846. The highest BCUT2D eigenvalue weighted by molar-refractivity contribution is 6.01. The van der Waals surface area contributed by atoms with Crippen LogP contribution in [0, 0.1) is 11.3 Å². The lowest BCUT2D eigenvalue weighted by Crippen LogP contribution is -2.50. The summed E-state index contributed by atoms with van der Waals surface area (Å²) in [5, 5.41) is 8.90. The number of halogens is 2. The van der Waals surface area contributed by atoms with Crippen LogP contribution in [-0.4, -0.2) is 17.0 Å². The Morgan fingerprint density at radius 2 is 2.17 bits per heavy atom. The molecule has 0 saturated carbocycles. The number of pyridine rings is 1. The number of carbonyl (C=O) groups is 1. The van der Waals surface area contributed by atoms with Gasteiger partial charge in [-0.05, 0) is 35.7 Å². The van der Waals surface area contributed by atoms with Gasteiger partial charge in [-0.15, -0.1) is 0 Å². The van der Waals surface area contributed by atoms with Crippen LogP contribution in [0.2, 0.25) is 0 Å². The van der Waals surface area contributed by atoms with Gasteiger partial charge in [-0.2, -0.15) is 14.0 Å². The number of anilines is 1. The first-order valence-corrected chi connectivity index (χ1v) is 7.32. The minimum atomic E-state index is -3.93. The van der Waals surface area contributed by atoms with E-state index in [0.29, 0.717) is 23.2 Å². The molecule has 1 aliphatic rings. The molecule has 1 aromatic heterocycles. The second kappa shape index (κ2) is 5.89. The molecular formula is C17H13F2N3O2. The SMILES string of the molecule is CCc1cccc2c1OC(F)(F)C(=O)N2Cc1ccnc(C#N)c1. The summed E-state index contributed by atoms with van der Waals surface area (Å²) in [5.41, 5.74) is 1.57. The molecule has 0 bridgehead atoms. The average molecular weight is 329 g/mol. The van der Waals surface area contributed by atoms with E-state index in [-0.39, 0.29) is 18.0 Å². The summed E-state index contributed by atoms with van der Waals surface area (Å²) in [6, 6.07) is 9.86. The lowest BCUT2D eigenvalue weighted by molar-refractivity contribution is -0.193. The maximum atomic E-state index is 14.0. The van der Waals surface area contributed by atoms with Gasteiger partial charge in [0.1, 0.15) is 11.8 Å². The number of aryl methyl sites for hydroxylation is 1. The molecule has 5 nitrogen and oxygen atoms in total. The molecule has 24 heavy (non-hydrogen) atoms. The van der Waals surface area contributed by atoms with Crippen molar-refractivity contribution in [2.75, 3.05) is 4.90 Å². The van der Waals surface area contributed by atoms with E-state index in [0.717, 1.165) is 4.90 Å². The van der Waals surface area contributed by atoms with E-state index in [4.69, 9.17) is 5.26 Å². The smallest absolute Gasteiger partial charge is 0.423 e. The van der Waals surface area contributed by atoms with Crippen LogP contribution in [0.5, 0.6) is 5.75 Å². The highest BCUT2D eigenvalue weighted by Crippen LogP contribution is 2.42. The van der Waals surface area contributed by atoms with Crippen molar-refractivity contribution in [3.05, 3.63) is 53.3 Å². The van der Waals surface area contributed by atoms with E-state index in [9.17, 15) is 13.6 Å². The largest absolute Gasteiger partial charge is 0.483 e. The first-order chi connectivity index (χ1) is 11.5. The summed E-state index contributed by atoms with van der Waals surface area (Å²) in [6.07, 6.45) is -2.03. The van der Waals surface area contributed by atoms with Gasteiger partial charge in [0.15, 0.2) is 5.75 Å². The zero-order chi connectivity index (χ0) is 17.3. The molecule has 0 saturated heterocycles. The van der Waals surface area contributed by atoms with Gasteiger partial charge in [0.25, 0.3) is 0 Å². The van der Waals surface area contributed by atoms with Crippen LogP contribution in [-0.2, 0) is 17.8 Å². The Morgan fingerprint density at radius 1 is 1.38 bits per heavy atom. The summed E-state index contributed by atoms with van der Waals surface area (Å²) < 4.78 is 32.7. The van der Waals surface area contributed by atoms with Crippen LogP contribution in [0.1, 0.15) is 23.7 Å². The van der Waals surface area contributed by atoms with Gasteiger partial charge in [0.2, 0.25) is 0 Å². The maximum absolute atomic E-state index is 14.0. The van der Waals surface area contributed by atoms with Gasteiger partial charge in [-0.1, -0.05) is 19.1 Å². The standard InChI is InChI=1S/C17H13F2N3O2/c1-2-12-4-3-5-14-15(12)24-17(18,19)16(23)22(14)10-11-6-7-21-13(8-11)9-20/h3-8H,2,10H2,1H3. The lowest BCUT2D eigenvalue weighted by atomic mass is 10.1. The molecule has 122 valence electrons. The van der Waals surface area contributed by atoms with E-state index in [1.165, 1.54) is 12.3 Å². The summed E-state index contributed by atoms with van der Waals surface area (Å²) in [7, 11) is 0. The Hall–Kier alpha value is -3.01. The number of hydrogen-bond acceptors (Lipinski definition) is 4. The average Bonchev–Trinajstić information content (AvgIpc) is 2.58. The van der Waals surface area contributed by atoms with Crippen molar-refractivity contribution in [1.29, 1.82) is 5.26 Å². The van der Waals surface area contributed by atoms with E-state index < -0.39 is 12.0 Å². The number of benzene rings is 1. The number of amides is 1. The maximum Gasteiger partial charge on any atom is 0.483 e. The Kier molecular flexibility index (Phi) is 3.89. The first kappa shape index (κ1) is 15.9. The van der Waals surface area contributed by atoms with Crippen LogP contribution >= 0.6 is 0 Å². The monoisotopic (exact) mass is 329 g/mol. The number of para-hydroxylation sites is 1. The van der Waals surface area contributed by atoms with Crippen LogP contribution < -0.4 is 9.64 Å². The molecule has 2 heterocycles. The van der Waals surface area contributed by atoms with Crippen LogP contribution in [0.25, 0.3) is 0 Å². The minimum absolute atomic E-state index is 0.0131. The van der Waals surface area contributed by atoms with Gasteiger partial charge in [0, 0.05) is 6.20 Å². The fourth-order valence-corrected chi connectivity index (χ4v) is 2.59. The second-order valence-corrected chi connectivity index (χ2v) is 5.29. The summed E-state index contributed by atoms with van der Waals surface area (Å²) in [5.74, 6) is -1.42. The normalized spacial score (nSPS) is 15.4. The molecule has 0 unspecified atom stereocenters. The highest BCUT2D eigenvalue weighted by Gasteiger charge is 2.50. The predicted octanol–water partition coefficient (Wildman–Crippen LogP) is 3.03. The highest BCUT2D eigenvalue weighted by atomic mass is 19.3. The van der Waals surface area contributed by atoms with Crippen molar-refractivity contribution in [3.63, 3.8) is 0 Å². The third-order valence-corrected chi connectivity index (χ3v) is 3.75. The summed E-state index contributed by atoms with van der Waals surface area (Å²) in [6.45, 7) is 1.72. The van der Waals surface area contributed by atoms with Gasteiger partial charge in [0.05, 0.1) is 12.2 Å². The van der Waals surface area contributed by atoms with E-state index in [1.807, 2.05) is 13.0 Å². The third kappa shape index (κ3) is 2.67. The van der Waals surface area contributed by atoms with Crippen molar-refractivity contribution in [1.82, 2.24) is 4.98 Å². The minimum Gasteiger partial charge on any atom is -0.423 e. The number of alkyl halides is 2. The van der Waals surface area contributed by atoms with Crippen LogP contribution in [0.15, 0.2) is 36.5 Å². The number of rotatable bonds is 3. The number of carbonyl (C=O) groups excluding carboxylic acids is 1. The Balaban J connectivity index is 2.06. The number of aromatic nitrogens is 1. The molecule has 0 radical (unpaired) electrons. The molecule has 1 aliphatic heterocycles. The molecular weight excluding hydrogens is 316 g/mol. The molecule has 0 N–H and O–H groups in total. The zero-order valence-corrected chi connectivity index (χ0v) is 12.8. The molecule has 3 rings (SSSR count). The van der Waals surface area contributed by atoms with Crippen molar-refractivity contribution < 1.29 is 18.3 Å². The fourth-order valence-electron chi connectivity index (χ4n) is 2.59. The van der Waals surface area contributed by atoms with Gasteiger partial charge in [-0.3, -0.25) is 9.69 Å². The van der Waals surface area contributed by atoms with Crippen LogP contribution in [0.4, 0.5) is 14.5 Å². The molecule has 0 fully saturated rings. The van der Waals surface area contributed by atoms with E-state index in [1.54, 1.807) is 24.3 Å². The molecule has 1 aromatic carbocycles. The molecule has 0 aliphatic carbocycles. The molecule has 0 spiro atoms. The quantitative estimate of drug-likeness (QED) is 0.868. The Morgan fingerprint density at radius 3 is 2.88 bits per heavy atom. The first-order valence-electron chi connectivity index (χ1n) is 7.32. The van der Waals surface area contributed by atoms with Crippen molar-refractivity contribution in [2.24, 2.45) is 0 Å². The van der Waals surface area contributed by atoms with E-state index in [2.05, 4.69) is 9.72 Å². The molecule has 0 atom stereocenters. The zero-order valence-electron chi connectivity index (χ0n) is 12.8. The van der Waals surface area contributed by atoms with Crippen LogP contribution in [0.3, 0.4) is 0 Å². The topological polar surface area (TPSA) is 66.2 Å². The van der Waals surface area contributed by atoms with Crippen molar-refractivity contribution in [3.8, 4) is 11.8 Å². The second-order valence-electron chi connectivity index (χ2n) is 5.29. The van der Waals surface area contributed by atoms with E-state index >= 15 is 0 Å². The lowest BCUT2D eigenvalue weighted by Gasteiger charge is -2.34. The number of nitriles is 1. The number of nitrogens with zero attached hydrogens (tertiary/aromatic N) is 3. The Labute approximate surface area is 137 Å². The number of ether oxygens (including phenoxy) is 1. The molecule has 7 heteroatoms. The number of fused-ring (bicyclic) bond motifs is 1. The van der Waals surface area contributed by atoms with Gasteiger partial charge < -0.3 is 4.74 Å². The predicted molar refractivity (Wildman–Crippen MR) is 81.5 cm³/mol. The third-order valence-electron chi connectivity index (χ3n) is 3.75. The summed E-state index contributed by atoms with van der Waals surface area (Å²) in [4.78, 5) is 17.0. The summed E-state index contributed by atoms with van der Waals surface area (Å²) >= 11 is 0. The molecule has 2 aromatic rings. The van der Waals surface area contributed by atoms with Crippen molar-refractivity contribution >= 4 is 11.6 Å². The number of hydrogen-bond donors (Lipinski definition) is 0. The van der Waals surface area contributed by atoms with Gasteiger partial charge in [-0.25, -0.2) is 4.98 Å².